The minimum atomic E-state index is 0.120. The average molecular weight is 691 g/mol. The van der Waals surface area contributed by atoms with E-state index in [0.717, 1.165) is 58.6 Å². The van der Waals surface area contributed by atoms with Crippen LogP contribution in [0.1, 0.15) is 49.7 Å². The van der Waals surface area contributed by atoms with Crippen molar-refractivity contribution in [2.24, 2.45) is 0 Å². The molecule has 1 spiro atoms. The summed E-state index contributed by atoms with van der Waals surface area (Å²) in [5, 5.41) is 2.58. The smallest absolute Gasteiger partial charge is 0.155 e. The van der Waals surface area contributed by atoms with Crippen LogP contribution in [0.4, 0.5) is 34.1 Å². The van der Waals surface area contributed by atoms with Gasteiger partial charge < -0.3 is 14.4 Å². The number of ether oxygens (including phenoxy) is 2. The van der Waals surface area contributed by atoms with Gasteiger partial charge in [-0.3, -0.25) is 4.90 Å². The van der Waals surface area contributed by atoms with Crippen LogP contribution in [0.15, 0.2) is 139 Å². The fourth-order valence-electron chi connectivity index (χ4n) is 9.89. The van der Waals surface area contributed by atoms with Crippen molar-refractivity contribution in [3.05, 3.63) is 150 Å². The molecule has 1 saturated carbocycles. The zero-order valence-corrected chi connectivity index (χ0v) is 29.4. The molecule has 1 aromatic heterocycles. The number of fused-ring (bicyclic) bond motifs is 11. The van der Waals surface area contributed by atoms with Crippen LogP contribution in [-0.4, -0.2) is 0 Å². The largest absolute Gasteiger partial charge is 0.453 e. The van der Waals surface area contributed by atoms with Crippen molar-refractivity contribution in [1.82, 2.24) is 0 Å². The predicted octanol–water partition coefficient (Wildman–Crippen LogP) is 14.1. The Balaban J connectivity index is 1.09. The van der Waals surface area contributed by atoms with E-state index in [1.165, 1.54) is 68.4 Å². The van der Waals surface area contributed by atoms with Gasteiger partial charge in [0, 0.05) is 37.3 Å². The Bertz CT molecular complexity index is 2730. The van der Waals surface area contributed by atoms with Crippen molar-refractivity contribution in [2.75, 3.05) is 9.80 Å². The highest BCUT2D eigenvalue weighted by atomic mass is 32.1. The molecule has 7 aromatic rings. The highest BCUT2D eigenvalue weighted by Crippen LogP contribution is 2.61. The monoisotopic (exact) mass is 690 g/mol. The Morgan fingerprint density at radius 1 is 0.654 bits per heavy atom. The number of thiophene rings is 1. The molecule has 3 heterocycles. The lowest BCUT2D eigenvalue weighted by atomic mass is 9.74. The first-order valence-electron chi connectivity index (χ1n) is 18.5. The van der Waals surface area contributed by atoms with E-state index in [1.807, 2.05) is 41.7 Å². The summed E-state index contributed by atoms with van der Waals surface area (Å²) in [6.07, 6.45) is 12.2. The van der Waals surface area contributed by atoms with Gasteiger partial charge in [0.2, 0.25) is 0 Å². The first-order chi connectivity index (χ1) is 25.7. The molecule has 4 nitrogen and oxygen atoms in total. The van der Waals surface area contributed by atoms with E-state index in [4.69, 9.17) is 9.47 Å². The standard InChI is InChI=1S/C47H34N2O2S/c1-3-13-34-31(11-1)32-23-21-29(27-35(32)47(34)25-7-8-26-47)48(38-15-9-20-44-45(38)33-12-2-6-19-43(33)52-44)30-22-24-37-42(28-30)51-41-18-10-17-40-46(41)49(37)36-14-4-5-16-39(36)50-40/h2-6,9-10,12-24,27-28H,1,7-8,11,25-26H2. The zero-order valence-electron chi connectivity index (χ0n) is 28.6. The quantitative estimate of drug-likeness (QED) is 0.184. The van der Waals surface area contributed by atoms with Crippen molar-refractivity contribution < 1.29 is 9.47 Å². The SMILES string of the molecule is C1=CC2=C(CC1)c1ccc(N(c3ccc4c(c3)Oc3cccc5c3N4c3ccccc3O5)c3cccc4sc5ccccc5c34)cc1C21CCCC1. The zero-order chi connectivity index (χ0) is 34.0. The Morgan fingerprint density at radius 3 is 2.31 bits per heavy atom. The van der Waals surface area contributed by atoms with Crippen LogP contribution in [0.5, 0.6) is 23.0 Å². The van der Waals surface area contributed by atoms with Gasteiger partial charge in [0.1, 0.15) is 5.69 Å². The molecular weight excluding hydrogens is 657 g/mol. The Kier molecular flexibility index (Phi) is 5.90. The number of hydrogen-bond acceptors (Lipinski definition) is 5. The van der Waals surface area contributed by atoms with Crippen molar-refractivity contribution in [3.63, 3.8) is 0 Å². The van der Waals surface area contributed by atoms with Gasteiger partial charge in [0.25, 0.3) is 0 Å². The maximum absolute atomic E-state index is 6.80. The van der Waals surface area contributed by atoms with Crippen LogP contribution in [0.25, 0.3) is 25.7 Å². The highest BCUT2D eigenvalue weighted by Gasteiger charge is 2.46. The summed E-state index contributed by atoms with van der Waals surface area (Å²) in [6.45, 7) is 0. The number of para-hydroxylation sites is 3. The molecule has 0 unspecified atom stereocenters. The first kappa shape index (κ1) is 28.9. The third-order valence-electron chi connectivity index (χ3n) is 12.0. The molecular formula is C47H34N2O2S. The van der Waals surface area contributed by atoms with Gasteiger partial charge in [-0.05, 0) is 115 Å². The van der Waals surface area contributed by atoms with Crippen LogP contribution in [-0.2, 0) is 5.41 Å². The van der Waals surface area contributed by atoms with Crippen LogP contribution in [0.3, 0.4) is 0 Å². The summed E-state index contributed by atoms with van der Waals surface area (Å²) in [7, 11) is 0. The second-order valence-corrected chi connectivity index (χ2v) is 15.8. The number of benzene rings is 6. The lowest BCUT2D eigenvalue weighted by molar-refractivity contribution is 0.446. The molecule has 0 atom stereocenters. The first-order valence-corrected chi connectivity index (χ1v) is 19.3. The van der Waals surface area contributed by atoms with Gasteiger partial charge in [-0.15, -0.1) is 11.3 Å². The molecule has 1 fully saturated rings. The Hall–Kier alpha value is -5.78. The van der Waals surface area contributed by atoms with Crippen LogP contribution in [0.2, 0.25) is 0 Å². The third kappa shape index (κ3) is 3.86. The number of hydrogen-bond donors (Lipinski definition) is 0. The number of anilines is 6. The normalized spacial score (nSPS) is 17.0. The Morgan fingerprint density at radius 2 is 1.38 bits per heavy atom. The van der Waals surface area contributed by atoms with Crippen molar-refractivity contribution in [1.29, 1.82) is 0 Å². The van der Waals surface area contributed by atoms with E-state index in [-0.39, 0.29) is 5.41 Å². The summed E-state index contributed by atoms with van der Waals surface area (Å²) in [6, 6.07) is 44.0. The fraction of sp³-hybridized carbons (Fsp3) is 0.149. The van der Waals surface area contributed by atoms with Gasteiger partial charge >= 0.3 is 0 Å². The van der Waals surface area contributed by atoms with E-state index in [1.54, 1.807) is 11.1 Å². The topological polar surface area (TPSA) is 24.9 Å². The molecule has 0 saturated heterocycles. The summed E-state index contributed by atoms with van der Waals surface area (Å²) in [5.74, 6) is 3.25. The minimum Gasteiger partial charge on any atom is -0.453 e. The summed E-state index contributed by atoms with van der Waals surface area (Å²) >= 11 is 1.87. The summed E-state index contributed by atoms with van der Waals surface area (Å²) < 4.78 is 15.8. The number of nitrogens with zero attached hydrogens (tertiary/aromatic N) is 2. The maximum Gasteiger partial charge on any atom is 0.155 e. The van der Waals surface area contributed by atoms with E-state index in [2.05, 4.69) is 113 Å². The van der Waals surface area contributed by atoms with Crippen molar-refractivity contribution in [3.8, 4) is 23.0 Å². The minimum absolute atomic E-state index is 0.120. The van der Waals surface area contributed by atoms with Crippen molar-refractivity contribution in [2.45, 2.75) is 43.9 Å². The number of allylic oxidation sites excluding steroid dienone is 4. The van der Waals surface area contributed by atoms with Crippen LogP contribution < -0.4 is 19.3 Å². The number of rotatable bonds is 3. The molecule has 6 aromatic carbocycles. The molecule has 5 aliphatic rings. The van der Waals surface area contributed by atoms with Gasteiger partial charge in [0.05, 0.1) is 22.7 Å². The highest BCUT2D eigenvalue weighted by molar-refractivity contribution is 7.26. The molecule has 2 aliphatic heterocycles. The van der Waals surface area contributed by atoms with E-state index in [0.29, 0.717) is 0 Å². The molecule has 5 heteroatoms. The van der Waals surface area contributed by atoms with Crippen LogP contribution >= 0.6 is 11.3 Å². The van der Waals surface area contributed by atoms with Crippen molar-refractivity contribution >= 4 is 71.2 Å². The average Bonchev–Trinajstić information content (AvgIpc) is 3.91. The third-order valence-corrected chi connectivity index (χ3v) is 13.2. The molecule has 250 valence electrons. The molecule has 0 bridgehead atoms. The Labute approximate surface area is 306 Å². The molecule has 3 aliphatic carbocycles. The molecule has 0 amide bonds. The summed E-state index contributed by atoms with van der Waals surface area (Å²) in [4.78, 5) is 4.78. The van der Waals surface area contributed by atoms with E-state index >= 15 is 0 Å². The van der Waals surface area contributed by atoms with Gasteiger partial charge in [-0.25, -0.2) is 0 Å². The second-order valence-electron chi connectivity index (χ2n) is 14.7. The second kappa shape index (κ2) is 10.6. The maximum atomic E-state index is 6.80. The van der Waals surface area contributed by atoms with Gasteiger partial charge in [-0.2, -0.15) is 0 Å². The molecule has 0 radical (unpaired) electrons. The molecule has 0 N–H and O–H groups in total. The van der Waals surface area contributed by atoms with E-state index < -0.39 is 0 Å². The van der Waals surface area contributed by atoms with Gasteiger partial charge in [-0.1, -0.05) is 73.5 Å². The molecule has 12 rings (SSSR count). The summed E-state index contributed by atoms with van der Waals surface area (Å²) in [5.41, 5.74) is 12.7. The fourth-order valence-corrected chi connectivity index (χ4v) is 11.0. The van der Waals surface area contributed by atoms with Crippen LogP contribution in [0, 0.1) is 0 Å². The molecule has 52 heavy (non-hydrogen) atoms. The lowest BCUT2D eigenvalue weighted by Crippen LogP contribution is -2.22. The van der Waals surface area contributed by atoms with Gasteiger partial charge in [0.15, 0.2) is 23.0 Å². The predicted molar refractivity (Wildman–Crippen MR) is 214 cm³/mol. The lowest BCUT2D eigenvalue weighted by Gasteiger charge is -2.38. The van der Waals surface area contributed by atoms with E-state index in [9.17, 15) is 0 Å².